The molecule has 0 aromatic heterocycles. The summed E-state index contributed by atoms with van der Waals surface area (Å²) in [5.41, 5.74) is 14.5. The minimum absolute atomic E-state index is 0.0797. The maximum absolute atomic E-state index is 13.6. The van der Waals surface area contributed by atoms with Crippen molar-refractivity contribution in [1.82, 2.24) is 0 Å². The number of amides is 3. The van der Waals surface area contributed by atoms with Gasteiger partial charge in [0.1, 0.15) is 17.2 Å². The first-order chi connectivity index (χ1) is 16.8. The van der Waals surface area contributed by atoms with Gasteiger partial charge in [-0.15, -0.1) is 0 Å². The number of piperidine rings is 2. The minimum atomic E-state index is -0.795. The first kappa shape index (κ1) is 24.0. The van der Waals surface area contributed by atoms with Crippen LogP contribution in [0.15, 0.2) is 58.7 Å². The standard InChI is InChI=1S/C26H29N5O4/c1-16-15-19(35-2)10-11-21(16)29-24-20(23(27)25(28)33)12-14-31(26(24)34)18-8-6-17(7-9-18)30-13-4-3-5-22(30)32/h6-11,15H,3-5,12-14,27H2,1-2H3,(H2,28,33). The Bertz CT molecular complexity index is 1230. The van der Waals surface area contributed by atoms with Crippen molar-refractivity contribution in [3.63, 3.8) is 0 Å². The number of aryl methyl sites for hydroxylation is 1. The summed E-state index contributed by atoms with van der Waals surface area (Å²) in [7, 11) is 1.57. The van der Waals surface area contributed by atoms with E-state index < -0.39 is 5.91 Å². The topological polar surface area (TPSA) is 131 Å². The molecule has 0 saturated carbocycles. The molecule has 2 aromatic carbocycles. The molecule has 2 aromatic rings. The van der Waals surface area contributed by atoms with Crippen LogP contribution in [0.3, 0.4) is 0 Å². The maximum atomic E-state index is 13.6. The zero-order valence-electron chi connectivity index (χ0n) is 19.9. The molecular weight excluding hydrogens is 446 g/mol. The molecule has 0 spiro atoms. The van der Waals surface area contributed by atoms with Gasteiger partial charge in [-0.2, -0.15) is 0 Å². The van der Waals surface area contributed by atoms with Crippen LogP contribution in [-0.2, 0) is 14.4 Å². The van der Waals surface area contributed by atoms with Crippen LogP contribution >= 0.6 is 0 Å². The molecule has 9 heteroatoms. The first-order valence-electron chi connectivity index (χ1n) is 11.5. The van der Waals surface area contributed by atoms with Gasteiger partial charge in [0, 0.05) is 36.5 Å². The molecule has 2 saturated heterocycles. The first-order valence-corrected chi connectivity index (χ1v) is 11.5. The van der Waals surface area contributed by atoms with E-state index in [4.69, 9.17) is 16.2 Å². The van der Waals surface area contributed by atoms with Gasteiger partial charge in [0.2, 0.25) is 5.91 Å². The molecule has 2 aliphatic rings. The van der Waals surface area contributed by atoms with E-state index in [-0.39, 0.29) is 23.2 Å². The monoisotopic (exact) mass is 475 g/mol. The highest BCUT2D eigenvalue weighted by Crippen LogP contribution is 2.30. The zero-order valence-corrected chi connectivity index (χ0v) is 19.9. The molecule has 0 aliphatic carbocycles. The lowest BCUT2D eigenvalue weighted by molar-refractivity contribution is -0.119. The Hall–Kier alpha value is -4.14. The van der Waals surface area contributed by atoms with Crippen molar-refractivity contribution < 1.29 is 19.1 Å². The fourth-order valence-electron chi connectivity index (χ4n) is 4.37. The van der Waals surface area contributed by atoms with Crippen molar-refractivity contribution in [2.75, 3.05) is 30.0 Å². The number of rotatable bonds is 5. The molecule has 2 aliphatic heterocycles. The van der Waals surface area contributed by atoms with Crippen molar-refractivity contribution in [3.8, 4) is 5.75 Å². The average Bonchev–Trinajstić information content (AvgIpc) is 2.86. The van der Waals surface area contributed by atoms with Crippen LogP contribution in [0.4, 0.5) is 17.1 Å². The molecule has 182 valence electrons. The molecule has 4 rings (SSSR count). The third-order valence-electron chi connectivity index (χ3n) is 6.34. The number of methoxy groups -OCH3 is 1. The van der Waals surface area contributed by atoms with Gasteiger partial charge >= 0.3 is 0 Å². The Morgan fingerprint density at radius 2 is 1.63 bits per heavy atom. The van der Waals surface area contributed by atoms with Crippen LogP contribution in [0.25, 0.3) is 0 Å². The SMILES string of the molecule is COc1ccc(N=C2C(=O)N(c3ccc(N4CCCCC4=O)cc3)CCC2=C(N)C(N)=O)c(C)c1. The van der Waals surface area contributed by atoms with Gasteiger partial charge in [-0.3, -0.25) is 14.4 Å². The summed E-state index contributed by atoms with van der Waals surface area (Å²) in [5, 5.41) is 0. The van der Waals surface area contributed by atoms with Crippen LogP contribution in [0.1, 0.15) is 31.2 Å². The molecular formula is C26H29N5O4. The molecule has 0 radical (unpaired) electrons. The number of hydrogen-bond donors (Lipinski definition) is 2. The highest BCUT2D eigenvalue weighted by molar-refractivity contribution is 6.51. The van der Waals surface area contributed by atoms with Crippen LogP contribution in [-0.4, -0.2) is 43.6 Å². The largest absolute Gasteiger partial charge is 0.497 e. The lowest BCUT2D eigenvalue weighted by Gasteiger charge is -2.31. The third kappa shape index (κ3) is 4.89. The van der Waals surface area contributed by atoms with Gasteiger partial charge in [0.25, 0.3) is 11.8 Å². The predicted molar refractivity (Wildman–Crippen MR) is 135 cm³/mol. The normalized spacial score (nSPS) is 19.2. The number of nitrogens with two attached hydrogens (primary N) is 2. The van der Waals surface area contributed by atoms with Crippen LogP contribution in [0, 0.1) is 6.92 Å². The summed E-state index contributed by atoms with van der Waals surface area (Å²) in [6.07, 6.45) is 2.75. The Morgan fingerprint density at radius 3 is 2.23 bits per heavy atom. The third-order valence-corrected chi connectivity index (χ3v) is 6.34. The Labute approximate surface area is 204 Å². The average molecular weight is 476 g/mol. The maximum Gasteiger partial charge on any atom is 0.277 e. The number of hydrogen-bond acceptors (Lipinski definition) is 6. The summed E-state index contributed by atoms with van der Waals surface area (Å²) in [4.78, 5) is 45.7. The Balaban J connectivity index is 1.69. The molecule has 0 unspecified atom stereocenters. The van der Waals surface area contributed by atoms with E-state index in [9.17, 15) is 14.4 Å². The second-order valence-corrected chi connectivity index (χ2v) is 8.59. The van der Waals surface area contributed by atoms with E-state index in [0.29, 0.717) is 48.6 Å². The Morgan fingerprint density at radius 1 is 0.943 bits per heavy atom. The van der Waals surface area contributed by atoms with Crippen molar-refractivity contribution in [1.29, 1.82) is 0 Å². The van der Waals surface area contributed by atoms with Crippen LogP contribution in [0.2, 0.25) is 0 Å². The predicted octanol–water partition coefficient (Wildman–Crippen LogP) is 2.73. The number of carbonyl (C=O) groups excluding carboxylic acids is 3. The van der Waals surface area contributed by atoms with Gasteiger partial charge in [-0.25, -0.2) is 4.99 Å². The van der Waals surface area contributed by atoms with Gasteiger partial charge in [-0.05, 0) is 74.2 Å². The Kier molecular flexibility index (Phi) is 6.86. The second-order valence-electron chi connectivity index (χ2n) is 8.59. The van der Waals surface area contributed by atoms with Crippen molar-refractivity contribution in [2.24, 2.45) is 16.5 Å². The summed E-state index contributed by atoms with van der Waals surface area (Å²) >= 11 is 0. The van der Waals surface area contributed by atoms with Gasteiger partial charge in [0.15, 0.2) is 0 Å². The van der Waals surface area contributed by atoms with E-state index in [1.54, 1.807) is 29.0 Å². The number of primary amides is 1. The van der Waals surface area contributed by atoms with E-state index in [0.717, 1.165) is 24.1 Å². The van der Waals surface area contributed by atoms with Crippen LogP contribution < -0.4 is 26.0 Å². The van der Waals surface area contributed by atoms with Gasteiger partial charge < -0.3 is 26.0 Å². The van der Waals surface area contributed by atoms with Crippen molar-refractivity contribution >= 4 is 40.5 Å². The van der Waals surface area contributed by atoms with E-state index in [1.165, 1.54) is 0 Å². The highest BCUT2D eigenvalue weighted by atomic mass is 16.5. The smallest absolute Gasteiger partial charge is 0.277 e. The summed E-state index contributed by atoms with van der Waals surface area (Å²) in [6, 6.07) is 12.6. The molecule has 9 nitrogen and oxygen atoms in total. The lowest BCUT2D eigenvalue weighted by atomic mass is 9.97. The fraction of sp³-hybridized carbons (Fsp3) is 0.308. The molecule has 2 fully saturated rings. The number of benzene rings is 2. The van der Waals surface area contributed by atoms with Crippen molar-refractivity contribution in [3.05, 3.63) is 59.3 Å². The number of ether oxygens (including phenoxy) is 1. The highest BCUT2D eigenvalue weighted by Gasteiger charge is 2.32. The lowest BCUT2D eigenvalue weighted by Crippen LogP contribution is -2.44. The molecule has 35 heavy (non-hydrogen) atoms. The van der Waals surface area contributed by atoms with Crippen LogP contribution in [0.5, 0.6) is 5.75 Å². The minimum Gasteiger partial charge on any atom is -0.497 e. The van der Waals surface area contributed by atoms with E-state index >= 15 is 0 Å². The van der Waals surface area contributed by atoms with Gasteiger partial charge in [0.05, 0.1) is 12.8 Å². The quantitative estimate of drug-likeness (QED) is 0.642. The molecule has 3 amide bonds. The molecule has 0 bridgehead atoms. The van der Waals surface area contributed by atoms with E-state index in [2.05, 4.69) is 4.99 Å². The fourth-order valence-corrected chi connectivity index (χ4v) is 4.37. The number of nitrogens with zero attached hydrogens (tertiary/aromatic N) is 3. The second kappa shape index (κ2) is 10.0. The summed E-state index contributed by atoms with van der Waals surface area (Å²) in [6.45, 7) is 2.86. The number of anilines is 2. The van der Waals surface area contributed by atoms with Gasteiger partial charge in [-0.1, -0.05) is 0 Å². The van der Waals surface area contributed by atoms with E-state index in [1.807, 2.05) is 37.3 Å². The summed E-state index contributed by atoms with van der Waals surface area (Å²) in [5.74, 6) is -0.398. The molecule has 4 N–H and O–H groups in total. The zero-order chi connectivity index (χ0) is 25.1. The molecule has 0 atom stereocenters. The molecule has 2 heterocycles. The number of aliphatic imine (C=N–C) groups is 1. The number of carbonyl (C=O) groups is 3. The summed E-state index contributed by atoms with van der Waals surface area (Å²) < 4.78 is 5.25. The van der Waals surface area contributed by atoms with Crippen molar-refractivity contribution in [2.45, 2.75) is 32.6 Å².